The first kappa shape index (κ1) is 13.5. The average molecular weight is 263 g/mol. The van der Waals surface area contributed by atoms with E-state index in [1.807, 2.05) is 6.92 Å². The van der Waals surface area contributed by atoms with Gasteiger partial charge in [0.25, 0.3) is 5.69 Å². The fraction of sp³-hybridized carbons (Fsp3) is 0.462. The Morgan fingerprint density at radius 1 is 1.42 bits per heavy atom. The van der Waals surface area contributed by atoms with Crippen LogP contribution in [0.4, 0.5) is 5.69 Å². The molecule has 1 unspecified atom stereocenters. The highest BCUT2D eigenvalue weighted by Gasteiger charge is 2.25. The van der Waals surface area contributed by atoms with Crippen LogP contribution in [0.5, 0.6) is 0 Å². The molecule has 1 aliphatic rings. The second kappa shape index (κ2) is 5.79. The highest BCUT2D eigenvalue weighted by molar-refractivity contribution is 5.81. The number of nitro groups is 1. The Hall–Kier alpha value is -1.95. The summed E-state index contributed by atoms with van der Waals surface area (Å²) in [6.45, 7) is 2.32. The molecule has 2 rings (SSSR count). The van der Waals surface area contributed by atoms with E-state index in [4.69, 9.17) is 0 Å². The van der Waals surface area contributed by atoms with E-state index < -0.39 is 4.92 Å². The van der Waals surface area contributed by atoms with Crippen LogP contribution in [0.3, 0.4) is 0 Å². The molecule has 1 fully saturated rings. The highest BCUT2D eigenvalue weighted by atomic mass is 16.6. The van der Waals surface area contributed by atoms with Crippen molar-refractivity contribution in [1.29, 1.82) is 0 Å². The Labute approximate surface area is 111 Å². The summed E-state index contributed by atoms with van der Waals surface area (Å²) >= 11 is 0. The van der Waals surface area contributed by atoms with Gasteiger partial charge in [-0.15, -0.1) is 0 Å². The molecule has 6 heteroatoms. The average Bonchev–Trinajstić information content (AvgIpc) is 3.20. The zero-order valence-electron chi connectivity index (χ0n) is 10.8. The molecule has 1 saturated carbocycles. The zero-order chi connectivity index (χ0) is 13.8. The summed E-state index contributed by atoms with van der Waals surface area (Å²) in [6, 6.07) is 6.40. The molecule has 0 radical (unpaired) electrons. The SMILES string of the molecule is CC(NCc1ccc([N+](=O)[O-])cc1)C(=O)NC1CC1. The van der Waals surface area contributed by atoms with Crippen LogP contribution in [-0.4, -0.2) is 22.9 Å². The number of nitrogens with one attached hydrogen (secondary N) is 2. The van der Waals surface area contributed by atoms with E-state index in [2.05, 4.69) is 10.6 Å². The number of rotatable bonds is 6. The van der Waals surface area contributed by atoms with Crippen LogP contribution in [0, 0.1) is 10.1 Å². The van der Waals surface area contributed by atoms with Gasteiger partial charge in [-0.3, -0.25) is 14.9 Å². The molecule has 19 heavy (non-hydrogen) atoms. The summed E-state index contributed by atoms with van der Waals surface area (Å²) in [6.07, 6.45) is 2.14. The smallest absolute Gasteiger partial charge is 0.269 e. The molecule has 1 amide bonds. The van der Waals surface area contributed by atoms with Crippen molar-refractivity contribution in [2.24, 2.45) is 0 Å². The van der Waals surface area contributed by atoms with Gasteiger partial charge in [-0.2, -0.15) is 0 Å². The van der Waals surface area contributed by atoms with E-state index >= 15 is 0 Å². The van der Waals surface area contributed by atoms with E-state index in [0.29, 0.717) is 12.6 Å². The minimum Gasteiger partial charge on any atom is -0.352 e. The molecule has 0 aromatic heterocycles. The van der Waals surface area contributed by atoms with Gasteiger partial charge in [0.15, 0.2) is 0 Å². The van der Waals surface area contributed by atoms with Gasteiger partial charge in [0.1, 0.15) is 0 Å². The summed E-state index contributed by atoms with van der Waals surface area (Å²) in [4.78, 5) is 21.8. The van der Waals surface area contributed by atoms with Crippen molar-refractivity contribution in [3.63, 3.8) is 0 Å². The number of non-ortho nitro benzene ring substituents is 1. The van der Waals surface area contributed by atoms with Gasteiger partial charge >= 0.3 is 0 Å². The summed E-state index contributed by atoms with van der Waals surface area (Å²) in [5, 5.41) is 16.5. The second-order valence-electron chi connectivity index (χ2n) is 4.81. The molecule has 1 aliphatic carbocycles. The topological polar surface area (TPSA) is 84.3 Å². The molecule has 6 nitrogen and oxygen atoms in total. The van der Waals surface area contributed by atoms with Crippen molar-refractivity contribution in [2.75, 3.05) is 0 Å². The van der Waals surface area contributed by atoms with Crippen LogP contribution >= 0.6 is 0 Å². The van der Waals surface area contributed by atoms with E-state index in [0.717, 1.165) is 18.4 Å². The Kier molecular flexibility index (Phi) is 4.11. The van der Waals surface area contributed by atoms with Gasteiger partial charge in [0.2, 0.25) is 5.91 Å². The lowest BCUT2D eigenvalue weighted by Gasteiger charge is -2.13. The molecule has 0 heterocycles. The molecular formula is C13H17N3O3. The van der Waals surface area contributed by atoms with Gasteiger partial charge in [-0.25, -0.2) is 0 Å². The molecule has 2 N–H and O–H groups in total. The largest absolute Gasteiger partial charge is 0.352 e. The molecular weight excluding hydrogens is 246 g/mol. The van der Waals surface area contributed by atoms with E-state index in [-0.39, 0.29) is 17.6 Å². The Bertz CT molecular complexity index is 469. The van der Waals surface area contributed by atoms with Crippen molar-refractivity contribution in [1.82, 2.24) is 10.6 Å². The standard InChI is InChI=1S/C13H17N3O3/c1-9(13(17)15-11-4-5-11)14-8-10-2-6-12(7-3-10)16(18)19/h2-3,6-7,9,11,14H,4-5,8H2,1H3,(H,15,17). The van der Waals surface area contributed by atoms with E-state index in [1.54, 1.807) is 12.1 Å². The summed E-state index contributed by atoms with van der Waals surface area (Å²) in [7, 11) is 0. The van der Waals surface area contributed by atoms with Gasteiger partial charge in [0, 0.05) is 24.7 Å². The third-order valence-corrected chi connectivity index (χ3v) is 3.08. The number of hydrogen-bond acceptors (Lipinski definition) is 4. The van der Waals surface area contributed by atoms with E-state index in [1.165, 1.54) is 12.1 Å². The third-order valence-electron chi connectivity index (χ3n) is 3.08. The first-order valence-electron chi connectivity index (χ1n) is 6.33. The quantitative estimate of drug-likeness (QED) is 0.599. The van der Waals surface area contributed by atoms with Crippen molar-refractivity contribution < 1.29 is 9.72 Å². The fourth-order valence-corrected chi connectivity index (χ4v) is 1.65. The van der Waals surface area contributed by atoms with Gasteiger partial charge in [0.05, 0.1) is 11.0 Å². The number of nitro benzene ring substituents is 1. The lowest BCUT2D eigenvalue weighted by atomic mass is 10.2. The Morgan fingerprint density at radius 3 is 2.58 bits per heavy atom. The monoisotopic (exact) mass is 263 g/mol. The van der Waals surface area contributed by atoms with Crippen LogP contribution < -0.4 is 10.6 Å². The molecule has 1 atom stereocenters. The number of carbonyl (C=O) groups excluding carboxylic acids is 1. The first-order valence-corrected chi connectivity index (χ1v) is 6.33. The molecule has 0 saturated heterocycles. The lowest BCUT2D eigenvalue weighted by molar-refractivity contribution is -0.384. The molecule has 0 spiro atoms. The number of nitrogens with zero attached hydrogens (tertiary/aromatic N) is 1. The maximum Gasteiger partial charge on any atom is 0.269 e. The highest BCUT2D eigenvalue weighted by Crippen LogP contribution is 2.18. The lowest BCUT2D eigenvalue weighted by Crippen LogP contribution is -2.42. The molecule has 1 aromatic rings. The summed E-state index contributed by atoms with van der Waals surface area (Å²) in [5.41, 5.74) is 0.986. The third kappa shape index (κ3) is 4.03. The van der Waals surface area contributed by atoms with Crippen LogP contribution in [0.25, 0.3) is 0 Å². The minimum absolute atomic E-state index is 0.00408. The Balaban J connectivity index is 1.80. The molecule has 0 bridgehead atoms. The van der Waals surface area contributed by atoms with Gasteiger partial charge in [-0.1, -0.05) is 12.1 Å². The number of amides is 1. The number of carbonyl (C=O) groups is 1. The maximum absolute atomic E-state index is 11.7. The fourth-order valence-electron chi connectivity index (χ4n) is 1.65. The second-order valence-corrected chi connectivity index (χ2v) is 4.81. The normalized spacial score (nSPS) is 15.8. The summed E-state index contributed by atoms with van der Waals surface area (Å²) in [5.74, 6) is 0.00408. The van der Waals surface area contributed by atoms with Crippen molar-refractivity contribution in [2.45, 2.75) is 38.4 Å². The predicted octanol–water partition coefficient (Wildman–Crippen LogP) is 1.35. The van der Waals surface area contributed by atoms with Crippen molar-refractivity contribution in [3.05, 3.63) is 39.9 Å². The molecule has 1 aromatic carbocycles. The van der Waals surface area contributed by atoms with E-state index in [9.17, 15) is 14.9 Å². The number of hydrogen-bond donors (Lipinski definition) is 2. The minimum atomic E-state index is -0.428. The van der Waals surface area contributed by atoms with Crippen LogP contribution in [0.1, 0.15) is 25.3 Å². The molecule has 0 aliphatic heterocycles. The Morgan fingerprint density at radius 2 is 2.05 bits per heavy atom. The van der Waals surface area contributed by atoms with Crippen LogP contribution in [-0.2, 0) is 11.3 Å². The first-order chi connectivity index (χ1) is 9.06. The number of benzene rings is 1. The maximum atomic E-state index is 11.7. The van der Waals surface area contributed by atoms with Gasteiger partial charge < -0.3 is 10.6 Å². The van der Waals surface area contributed by atoms with Crippen LogP contribution in [0.2, 0.25) is 0 Å². The van der Waals surface area contributed by atoms with Gasteiger partial charge in [-0.05, 0) is 25.3 Å². The predicted molar refractivity (Wildman–Crippen MR) is 70.6 cm³/mol. The zero-order valence-corrected chi connectivity index (χ0v) is 10.8. The van der Waals surface area contributed by atoms with Crippen molar-refractivity contribution >= 4 is 11.6 Å². The molecule has 102 valence electrons. The van der Waals surface area contributed by atoms with Crippen LogP contribution in [0.15, 0.2) is 24.3 Å². The van der Waals surface area contributed by atoms with Crippen molar-refractivity contribution in [3.8, 4) is 0 Å². The summed E-state index contributed by atoms with van der Waals surface area (Å²) < 4.78 is 0.